The van der Waals surface area contributed by atoms with Crippen molar-refractivity contribution in [2.45, 2.75) is 31.4 Å². The second-order valence-corrected chi connectivity index (χ2v) is 5.14. The van der Waals surface area contributed by atoms with Gasteiger partial charge in [0.15, 0.2) is 5.82 Å². The van der Waals surface area contributed by atoms with Crippen molar-refractivity contribution in [1.82, 2.24) is 20.2 Å². The SMILES string of the molecule is COC1(Cn2nnnc2-c2ccc(N)c(F)c2)CCC1. The van der Waals surface area contributed by atoms with E-state index in [4.69, 9.17) is 10.5 Å². The molecule has 0 radical (unpaired) electrons. The van der Waals surface area contributed by atoms with Crippen LogP contribution in [-0.2, 0) is 11.3 Å². The lowest BCUT2D eigenvalue weighted by Crippen LogP contribution is -2.43. The molecule has 1 heterocycles. The van der Waals surface area contributed by atoms with Gasteiger partial charge in [-0.15, -0.1) is 5.10 Å². The predicted octanol–water partition coefficient (Wildman–Crippen LogP) is 1.63. The fraction of sp³-hybridized carbons (Fsp3) is 0.462. The average molecular weight is 277 g/mol. The van der Waals surface area contributed by atoms with Crippen LogP contribution < -0.4 is 5.73 Å². The van der Waals surface area contributed by atoms with E-state index in [1.807, 2.05) is 0 Å². The Morgan fingerprint density at radius 1 is 1.45 bits per heavy atom. The number of nitrogens with two attached hydrogens (primary N) is 1. The summed E-state index contributed by atoms with van der Waals surface area (Å²) in [5.74, 6) is 0.0503. The number of hydrogen-bond donors (Lipinski definition) is 1. The highest BCUT2D eigenvalue weighted by Crippen LogP contribution is 2.37. The molecule has 7 heteroatoms. The van der Waals surface area contributed by atoms with E-state index in [-0.39, 0.29) is 11.3 Å². The number of tetrazole rings is 1. The van der Waals surface area contributed by atoms with Crippen LogP contribution in [0, 0.1) is 5.82 Å². The monoisotopic (exact) mass is 277 g/mol. The lowest BCUT2D eigenvalue weighted by Gasteiger charge is -2.40. The van der Waals surface area contributed by atoms with Crippen molar-refractivity contribution in [2.75, 3.05) is 12.8 Å². The molecule has 1 aromatic heterocycles. The van der Waals surface area contributed by atoms with Gasteiger partial charge in [0.05, 0.1) is 17.8 Å². The number of hydrogen-bond acceptors (Lipinski definition) is 5. The van der Waals surface area contributed by atoms with Crippen LogP contribution in [0.25, 0.3) is 11.4 Å². The molecule has 3 rings (SSSR count). The maximum absolute atomic E-state index is 13.6. The molecule has 0 aliphatic heterocycles. The van der Waals surface area contributed by atoms with E-state index in [0.717, 1.165) is 19.3 Å². The molecule has 0 bridgehead atoms. The van der Waals surface area contributed by atoms with Crippen LogP contribution in [0.4, 0.5) is 10.1 Å². The number of ether oxygens (including phenoxy) is 1. The van der Waals surface area contributed by atoms with Gasteiger partial charge < -0.3 is 10.5 Å². The summed E-state index contributed by atoms with van der Waals surface area (Å²) >= 11 is 0. The molecular formula is C13H16FN5O. The zero-order valence-electron chi connectivity index (χ0n) is 11.2. The van der Waals surface area contributed by atoms with Gasteiger partial charge in [0, 0.05) is 12.7 Å². The number of benzene rings is 1. The van der Waals surface area contributed by atoms with Crippen LogP contribution in [0.2, 0.25) is 0 Å². The number of rotatable bonds is 4. The van der Waals surface area contributed by atoms with Gasteiger partial charge in [0.25, 0.3) is 0 Å². The summed E-state index contributed by atoms with van der Waals surface area (Å²) in [5.41, 5.74) is 6.00. The van der Waals surface area contributed by atoms with Gasteiger partial charge in [-0.2, -0.15) is 0 Å². The summed E-state index contributed by atoms with van der Waals surface area (Å²) < 4.78 is 20.8. The molecule has 0 spiro atoms. The molecule has 0 atom stereocenters. The number of anilines is 1. The Bertz CT molecular complexity index is 617. The Labute approximate surface area is 115 Å². The van der Waals surface area contributed by atoms with Gasteiger partial charge in [-0.1, -0.05) is 0 Å². The predicted molar refractivity (Wildman–Crippen MR) is 71.2 cm³/mol. The third-order valence-corrected chi connectivity index (χ3v) is 3.93. The molecule has 1 aliphatic carbocycles. The highest BCUT2D eigenvalue weighted by molar-refractivity contribution is 5.59. The molecule has 0 amide bonds. The molecule has 6 nitrogen and oxygen atoms in total. The van der Waals surface area contributed by atoms with Gasteiger partial charge in [0.1, 0.15) is 5.82 Å². The number of nitrogen functional groups attached to an aromatic ring is 1. The van der Waals surface area contributed by atoms with Crippen molar-refractivity contribution in [3.05, 3.63) is 24.0 Å². The normalized spacial score (nSPS) is 16.9. The number of methoxy groups -OCH3 is 1. The third kappa shape index (κ3) is 2.14. The summed E-state index contributed by atoms with van der Waals surface area (Å²) in [4.78, 5) is 0. The van der Waals surface area contributed by atoms with E-state index in [1.165, 1.54) is 12.1 Å². The van der Waals surface area contributed by atoms with Crippen molar-refractivity contribution in [3.63, 3.8) is 0 Å². The maximum Gasteiger partial charge on any atom is 0.182 e. The average Bonchev–Trinajstić information content (AvgIpc) is 2.85. The van der Waals surface area contributed by atoms with Crippen molar-refractivity contribution in [2.24, 2.45) is 0 Å². The minimum Gasteiger partial charge on any atom is -0.396 e. The Kier molecular flexibility index (Phi) is 3.13. The largest absolute Gasteiger partial charge is 0.396 e. The molecular weight excluding hydrogens is 261 g/mol. The van der Waals surface area contributed by atoms with Crippen LogP contribution >= 0.6 is 0 Å². The molecule has 1 aromatic carbocycles. The highest BCUT2D eigenvalue weighted by Gasteiger charge is 2.38. The lowest BCUT2D eigenvalue weighted by atomic mass is 9.80. The van der Waals surface area contributed by atoms with Crippen molar-refractivity contribution >= 4 is 5.69 Å². The summed E-state index contributed by atoms with van der Waals surface area (Å²) in [6, 6.07) is 4.57. The van der Waals surface area contributed by atoms with Crippen LogP contribution in [0.5, 0.6) is 0 Å². The number of halogens is 1. The van der Waals surface area contributed by atoms with Crippen LogP contribution in [-0.4, -0.2) is 32.9 Å². The first kappa shape index (κ1) is 13.0. The van der Waals surface area contributed by atoms with Crippen molar-refractivity contribution in [3.8, 4) is 11.4 Å². The second kappa shape index (κ2) is 4.82. The van der Waals surface area contributed by atoms with Gasteiger partial charge in [-0.25, -0.2) is 9.07 Å². The minimum absolute atomic E-state index is 0.111. The first-order valence-corrected chi connectivity index (χ1v) is 6.50. The molecule has 1 aliphatic rings. The van der Waals surface area contributed by atoms with Crippen LogP contribution in [0.15, 0.2) is 18.2 Å². The summed E-state index contributed by atoms with van der Waals surface area (Å²) in [7, 11) is 1.70. The van der Waals surface area contributed by atoms with Crippen molar-refractivity contribution in [1.29, 1.82) is 0 Å². The van der Waals surface area contributed by atoms with E-state index >= 15 is 0 Å². The molecule has 20 heavy (non-hydrogen) atoms. The van der Waals surface area contributed by atoms with Gasteiger partial charge in [-0.3, -0.25) is 0 Å². The maximum atomic E-state index is 13.6. The van der Waals surface area contributed by atoms with E-state index in [9.17, 15) is 4.39 Å². The molecule has 0 saturated heterocycles. The summed E-state index contributed by atoms with van der Waals surface area (Å²) in [6.07, 6.45) is 3.11. The third-order valence-electron chi connectivity index (χ3n) is 3.93. The summed E-state index contributed by atoms with van der Waals surface area (Å²) in [5, 5.41) is 11.6. The first-order chi connectivity index (χ1) is 9.63. The molecule has 2 N–H and O–H groups in total. The Morgan fingerprint density at radius 2 is 2.25 bits per heavy atom. The zero-order valence-corrected chi connectivity index (χ0v) is 11.2. The second-order valence-electron chi connectivity index (χ2n) is 5.14. The Hall–Kier alpha value is -2.02. The standard InChI is InChI=1S/C13H16FN5O/c1-20-13(5-2-6-13)8-19-12(16-17-18-19)9-3-4-11(15)10(14)7-9/h3-4,7H,2,5-6,8,15H2,1H3. The topological polar surface area (TPSA) is 78.8 Å². The van der Waals surface area contributed by atoms with E-state index in [2.05, 4.69) is 15.5 Å². The quantitative estimate of drug-likeness (QED) is 0.859. The van der Waals surface area contributed by atoms with E-state index in [1.54, 1.807) is 17.9 Å². The van der Waals surface area contributed by atoms with Crippen molar-refractivity contribution < 1.29 is 9.13 Å². The Balaban J connectivity index is 1.91. The van der Waals surface area contributed by atoms with Crippen LogP contribution in [0.1, 0.15) is 19.3 Å². The fourth-order valence-electron chi connectivity index (χ4n) is 2.45. The molecule has 2 aromatic rings. The molecule has 1 fully saturated rings. The van der Waals surface area contributed by atoms with Gasteiger partial charge in [0.2, 0.25) is 0 Å². The van der Waals surface area contributed by atoms with Crippen LogP contribution in [0.3, 0.4) is 0 Å². The smallest absolute Gasteiger partial charge is 0.182 e. The first-order valence-electron chi connectivity index (χ1n) is 6.50. The van der Waals surface area contributed by atoms with Gasteiger partial charge >= 0.3 is 0 Å². The van der Waals surface area contributed by atoms with E-state index in [0.29, 0.717) is 17.9 Å². The summed E-state index contributed by atoms with van der Waals surface area (Å²) in [6.45, 7) is 0.567. The zero-order chi connectivity index (χ0) is 14.2. The highest BCUT2D eigenvalue weighted by atomic mass is 19.1. The molecule has 1 saturated carbocycles. The lowest BCUT2D eigenvalue weighted by molar-refractivity contribution is -0.0855. The Morgan fingerprint density at radius 3 is 2.85 bits per heavy atom. The number of nitrogens with zero attached hydrogens (tertiary/aromatic N) is 4. The fourth-order valence-corrected chi connectivity index (χ4v) is 2.45. The molecule has 106 valence electrons. The van der Waals surface area contributed by atoms with E-state index < -0.39 is 5.82 Å². The number of aromatic nitrogens is 4. The molecule has 0 unspecified atom stereocenters. The van der Waals surface area contributed by atoms with Gasteiger partial charge in [-0.05, 0) is 47.9 Å². The minimum atomic E-state index is -0.470.